The molecule has 2 heterocycles. The van der Waals surface area contributed by atoms with E-state index in [9.17, 15) is 9.59 Å². The van der Waals surface area contributed by atoms with Gasteiger partial charge in [0.15, 0.2) is 5.76 Å². The Morgan fingerprint density at radius 3 is 2.64 bits per heavy atom. The molecule has 1 aliphatic heterocycles. The van der Waals surface area contributed by atoms with Crippen LogP contribution in [-0.4, -0.2) is 34.5 Å². The minimum Gasteiger partial charge on any atom is -0.359 e. The molecule has 2 rings (SSSR count). The molecule has 0 aliphatic carbocycles. The van der Waals surface area contributed by atoms with Gasteiger partial charge in [-0.1, -0.05) is 19.0 Å². The maximum absolute atomic E-state index is 12.7. The molecule has 1 saturated heterocycles. The third-order valence-electron chi connectivity index (χ3n) is 4.02. The maximum Gasteiger partial charge on any atom is 0.247 e. The van der Waals surface area contributed by atoms with Gasteiger partial charge in [0, 0.05) is 13.0 Å². The summed E-state index contributed by atoms with van der Waals surface area (Å²) in [5.74, 6) is 0.832. The Morgan fingerprint density at radius 1 is 1.36 bits per heavy atom. The first-order chi connectivity index (χ1) is 10.4. The monoisotopic (exact) mass is 307 g/mol. The summed E-state index contributed by atoms with van der Waals surface area (Å²) in [6.07, 6.45) is 3.06. The van der Waals surface area contributed by atoms with Gasteiger partial charge in [-0.3, -0.25) is 9.59 Å². The number of rotatable bonds is 5. The predicted molar refractivity (Wildman–Crippen MR) is 83.4 cm³/mol. The molecule has 1 atom stereocenters. The fraction of sp³-hybridized carbons (Fsp3) is 0.688. The van der Waals surface area contributed by atoms with Crippen molar-refractivity contribution in [3.8, 4) is 0 Å². The number of amides is 2. The fourth-order valence-corrected chi connectivity index (χ4v) is 2.85. The van der Waals surface area contributed by atoms with E-state index in [2.05, 4.69) is 24.3 Å². The number of nitrogens with zero attached hydrogens (tertiary/aromatic N) is 2. The highest BCUT2D eigenvalue weighted by Gasteiger charge is 2.32. The number of piperidine rings is 1. The van der Waals surface area contributed by atoms with Crippen LogP contribution in [0.1, 0.15) is 51.0 Å². The minimum absolute atomic E-state index is 0.0748. The summed E-state index contributed by atoms with van der Waals surface area (Å²) in [6.45, 7) is 8.33. The number of nitrogens with one attached hydrogen (secondary N) is 1. The SMILES string of the molecule is Cc1noc(C)c1NC(=O)[C@@H](CC(C)C)N1CCCCC1=O. The lowest BCUT2D eigenvalue weighted by Crippen LogP contribution is -2.50. The van der Waals surface area contributed by atoms with Crippen LogP contribution in [-0.2, 0) is 9.59 Å². The smallest absolute Gasteiger partial charge is 0.247 e. The highest BCUT2D eigenvalue weighted by molar-refractivity contribution is 5.98. The van der Waals surface area contributed by atoms with Crippen LogP contribution in [0.5, 0.6) is 0 Å². The summed E-state index contributed by atoms with van der Waals surface area (Å²) in [6, 6.07) is -0.429. The molecule has 1 aromatic heterocycles. The summed E-state index contributed by atoms with van der Waals surface area (Å²) in [7, 11) is 0. The number of anilines is 1. The van der Waals surface area contributed by atoms with Gasteiger partial charge < -0.3 is 14.7 Å². The fourth-order valence-electron chi connectivity index (χ4n) is 2.85. The van der Waals surface area contributed by atoms with E-state index in [1.54, 1.807) is 18.7 Å². The van der Waals surface area contributed by atoms with Crippen LogP contribution in [0.3, 0.4) is 0 Å². The number of carbonyl (C=O) groups excluding carboxylic acids is 2. The van der Waals surface area contributed by atoms with Crippen molar-refractivity contribution in [2.75, 3.05) is 11.9 Å². The van der Waals surface area contributed by atoms with Gasteiger partial charge in [0.05, 0.1) is 0 Å². The molecule has 2 amide bonds. The molecule has 0 radical (unpaired) electrons. The molecule has 0 unspecified atom stereocenters. The highest BCUT2D eigenvalue weighted by Crippen LogP contribution is 2.23. The van der Waals surface area contributed by atoms with E-state index in [1.165, 1.54) is 0 Å². The maximum atomic E-state index is 12.7. The van der Waals surface area contributed by atoms with Crippen molar-refractivity contribution in [1.82, 2.24) is 10.1 Å². The van der Waals surface area contributed by atoms with Gasteiger partial charge in [-0.05, 0) is 39.0 Å². The highest BCUT2D eigenvalue weighted by atomic mass is 16.5. The molecule has 0 bridgehead atoms. The molecule has 0 aromatic carbocycles. The largest absolute Gasteiger partial charge is 0.359 e. The van der Waals surface area contributed by atoms with Gasteiger partial charge >= 0.3 is 0 Å². The van der Waals surface area contributed by atoms with Crippen molar-refractivity contribution in [3.63, 3.8) is 0 Å². The van der Waals surface area contributed by atoms with E-state index in [1.807, 2.05) is 0 Å². The Kier molecular flexibility index (Phi) is 5.21. The summed E-state index contributed by atoms with van der Waals surface area (Å²) in [5.41, 5.74) is 1.27. The second-order valence-electron chi connectivity index (χ2n) is 6.38. The zero-order valence-electron chi connectivity index (χ0n) is 13.8. The zero-order valence-corrected chi connectivity index (χ0v) is 13.8. The van der Waals surface area contributed by atoms with Crippen LogP contribution >= 0.6 is 0 Å². The Hall–Kier alpha value is -1.85. The first-order valence-corrected chi connectivity index (χ1v) is 7.93. The van der Waals surface area contributed by atoms with Gasteiger partial charge in [0.25, 0.3) is 0 Å². The quantitative estimate of drug-likeness (QED) is 0.907. The topological polar surface area (TPSA) is 75.4 Å². The summed E-state index contributed by atoms with van der Waals surface area (Å²) >= 11 is 0. The third kappa shape index (κ3) is 3.67. The van der Waals surface area contributed by atoms with E-state index in [-0.39, 0.29) is 11.8 Å². The Morgan fingerprint density at radius 2 is 2.09 bits per heavy atom. The number of carbonyl (C=O) groups is 2. The van der Waals surface area contributed by atoms with E-state index in [0.717, 1.165) is 12.8 Å². The van der Waals surface area contributed by atoms with Crippen LogP contribution in [0.2, 0.25) is 0 Å². The normalized spacial score (nSPS) is 17.0. The Labute approximate surface area is 131 Å². The second kappa shape index (κ2) is 6.94. The summed E-state index contributed by atoms with van der Waals surface area (Å²) < 4.78 is 5.08. The lowest BCUT2D eigenvalue weighted by molar-refractivity contribution is -0.141. The predicted octanol–water partition coefficient (Wildman–Crippen LogP) is 2.66. The molecule has 122 valence electrons. The first kappa shape index (κ1) is 16.5. The van der Waals surface area contributed by atoms with Gasteiger partial charge in [0.2, 0.25) is 11.8 Å². The van der Waals surface area contributed by atoms with Crippen LogP contribution < -0.4 is 5.32 Å². The van der Waals surface area contributed by atoms with Gasteiger partial charge in [-0.2, -0.15) is 0 Å². The molecule has 1 aromatic rings. The lowest BCUT2D eigenvalue weighted by atomic mass is 9.98. The summed E-state index contributed by atoms with van der Waals surface area (Å²) in [5, 5.41) is 6.74. The number of aromatic nitrogens is 1. The Balaban J connectivity index is 2.17. The summed E-state index contributed by atoms with van der Waals surface area (Å²) in [4.78, 5) is 26.6. The molecular weight excluding hydrogens is 282 g/mol. The van der Waals surface area contributed by atoms with Crippen LogP contribution in [0.15, 0.2) is 4.52 Å². The van der Waals surface area contributed by atoms with Gasteiger partial charge in [-0.25, -0.2) is 0 Å². The van der Waals surface area contributed by atoms with Crippen molar-refractivity contribution in [2.45, 2.75) is 59.4 Å². The molecular formula is C16H25N3O3. The van der Waals surface area contributed by atoms with Crippen LogP contribution in [0.4, 0.5) is 5.69 Å². The zero-order chi connectivity index (χ0) is 16.3. The van der Waals surface area contributed by atoms with Crippen molar-refractivity contribution in [1.29, 1.82) is 0 Å². The molecule has 1 N–H and O–H groups in total. The molecule has 22 heavy (non-hydrogen) atoms. The van der Waals surface area contributed by atoms with Gasteiger partial charge in [-0.15, -0.1) is 0 Å². The van der Waals surface area contributed by atoms with Crippen molar-refractivity contribution in [3.05, 3.63) is 11.5 Å². The standard InChI is InChI=1S/C16H25N3O3/c1-10(2)9-13(19-8-6-5-7-14(19)20)16(21)17-15-11(3)18-22-12(15)4/h10,13H,5-9H2,1-4H3,(H,17,21)/t13-/m1/s1. The average molecular weight is 307 g/mol. The number of aryl methyl sites for hydroxylation is 2. The van der Waals surface area contributed by atoms with Crippen LogP contribution in [0.25, 0.3) is 0 Å². The molecule has 0 spiro atoms. The molecule has 1 aliphatic rings. The first-order valence-electron chi connectivity index (χ1n) is 7.93. The van der Waals surface area contributed by atoms with E-state index >= 15 is 0 Å². The molecule has 6 nitrogen and oxygen atoms in total. The molecule has 1 fully saturated rings. The lowest BCUT2D eigenvalue weighted by Gasteiger charge is -2.34. The molecule has 6 heteroatoms. The minimum atomic E-state index is -0.429. The van der Waals surface area contributed by atoms with Crippen LogP contribution in [0, 0.1) is 19.8 Å². The van der Waals surface area contributed by atoms with Crippen molar-refractivity contribution >= 4 is 17.5 Å². The number of hydrogen-bond acceptors (Lipinski definition) is 4. The third-order valence-corrected chi connectivity index (χ3v) is 4.02. The van der Waals surface area contributed by atoms with E-state index in [0.29, 0.717) is 42.4 Å². The number of hydrogen-bond donors (Lipinski definition) is 1. The average Bonchev–Trinajstić information content (AvgIpc) is 2.77. The van der Waals surface area contributed by atoms with E-state index in [4.69, 9.17) is 4.52 Å². The second-order valence-corrected chi connectivity index (χ2v) is 6.38. The van der Waals surface area contributed by atoms with Gasteiger partial charge in [0.1, 0.15) is 17.4 Å². The molecule has 0 saturated carbocycles. The van der Waals surface area contributed by atoms with Crippen molar-refractivity contribution in [2.24, 2.45) is 5.92 Å². The van der Waals surface area contributed by atoms with Crippen molar-refractivity contribution < 1.29 is 14.1 Å². The van der Waals surface area contributed by atoms with E-state index < -0.39 is 6.04 Å². The Bertz CT molecular complexity index is 531. The number of likely N-dealkylation sites (tertiary alicyclic amines) is 1.